The Balaban J connectivity index is 1.95. The fourth-order valence-corrected chi connectivity index (χ4v) is 2.38. The van der Waals surface area contributed by atoms with Crippen LogP contribution in [-0.2, 0) is 6.61 Å². The Morgan fingerprint density at radius 2 is 1.82 bits per heavy atom. The molecule has 0 aliphatic rings. The van der Waals surface area contributed by atoms with Crippen molar-refractivity contribution in [1.82, 2.24) is 0 Å². The lowest BCUT2D eigenvalue weighted by atomic mass is 10.1. The molecule has 0 saturated heterocycles. The third-order valence-electron chi connectivity index (χ3n) is 3.50. The van der Waals surface area contributed by atoms with Gasteiger partial charge in [0, 0.05) is 5.56 Å². The van der Waals surface area contributed by atoms with Crippen molar-refractivity contribution in [3.63, 3.8) is 0 Å². The van der Waals surface area contributed by atoms with E-state index in [-0.39, 0.29) is 0 Å². The van der Waals surface area contributed by atoms with E-state index in [4.69, 9.17) is 9.15 Å². The third kappa shape index (κ3) is 2.96. The molecule has 2 nitrogen and oxygen atoms in total. The Hall–Kier alpha value is -2.74. The van der Waals surface area contributed by atoms with E-state index >= 15 is 0 Å². The maximum atomic E-state index is 6.08. The number of hydrogen-bond donors (Lipinski definition) is 0. The van der Waals surface area contributed by atoms with Gasteiger partial charge in [-0.05, 0) is 30.7 Å². The molecule has 0 aliphatic heterocycles. The second kappa shape index (κ2) is 6.35. The molecule has 3 rings (SSSR count). The van der Waals surface area contributed by atoms with Crippen molar-refractivity contribution < 1.29 is 9.15 Å². The number of hydrogen-bond acceptors (Lipinski definition) is 2. The number of para-hydroxylation sites is 1. The van der Waals surface area contributed by atoms with Crippen molar-refractivity contribution in [3.05, 3.63) is 84.1 Å². The molecule has 0 bridgehead atoms. The first-order chi connectivity index (χ1) is 10.8. The van der Waals surface area contributed by atoms with Crippen molar-refractivity contribution >= 4 is 6.08 Å². The van der Waals surface area contributed by atoms with Crippen molar-refractivity contribution in [3.8, 4) is 17.1 Å². The highest BCUT2D eigenvalue weighted by Crippen LogP contribution is 2.35. The first kappa shape index (κ1) is 14.2. The van der Waals surface area contributed by atoms with Gasteiger partial charge in [-0.15, -0.1) is 0 Å². The van der Waals surface area contributed by atoms with Gasteiger partial charge >= 0.3 is 0 Å². The van der Waals surface area contributed by atoms with Crippen molar-refractivity contribution in [2.45, 2.75) is 13.5 Å². The van der Waals surface area contributed by atoms with Gasteiger partial charge in [0.05, 0.1) is 5.56 Å². The number of aryl methyl sites for hydroxylation is 1. The van der Waals surface area contributed by atoms with Gasteiger partial charge in [-0.1, -0.05) is 55.1 Å². The van der Waals surface area contributed by atoms with Crippen LogP contribution in [0.25, 0.3) is 17.4 Å². The van der Waals surface area contributed by atoms with Crippen LogP contribution in [-0.4, -0.2) is 0 Å². The standard InChI is InChI=1S/C20H18O2/c1-3-17-10-7-11-18(19-13-12-15(2)22-19)20(17)21-14-16-8-5-4-6-9-16/h3-13H,1,14H2,2H3. The molecule has 0 aliphatic carbocycles. The summed E-state index contributed by atoms with van der Waals surface area (Å²) in [6, 6.07) is 20.0. The van der Waals surface area contributed by atoms with Crippen molar-refractivity contribution in [1.29, 1.82) is 0 Å². The summed E-state index contributed by atoms with van der Waals surface area (Å²) in [4.78, 5) is 0. The average molecular weight is 290 g/mol. The molecule has 0 fully saturated rings. The molecule has 0 radical (unpaired) electrons. The molecule has 3 aromatic rings. The topological polar surface area (TPSA) is 22.4 Å². The van der Waals surface area contributed by atoms with Crippen LogP contribution in [0.3, 0.4) is 0 Å². The molecular formula is C20H18O2. The van der Waals surface area contributed by atoms with Crippen LogP contribution in [0.2, 0.25) is 0 Å². The Morgan fingerprint density at radius 3 is 2.50 bits per heavy atom. The van der Waals surface area contributed by atoms with E-state index in [9.17, 15) is 0 Å². The molecule has 0 unspecified atom stereocenters. The van der Waals surface area contributed by atoms with Gasteiger partial charge in [0.1, 0.15) is 23.9 Å². The zero-order chi connectivity index (χ0) is 15.4. The van der Waals surface area contributed by atoms with Crippen LogP contribution < -0.4 is 4.74 Å². The zero-order valence-corrected chi connectivity index (χ0v) is 12.6. The molecule has 0 saturated carbocycles. The number of rotatable bonds is 5. The molecule has 1 heterocycles. The van der Waals surface area contributed by atoms with E-state index in [1.165, 1.54) is 0 Å². The molecule has 22 heavy (non-hydrogen) atoms. The lowest BCUT2D eigenvalue weighted by Gasteiger charge is -2.13. The van der Waals surface area contributed by atoms with Gasteiger partial charge in [0.15, 0.2) is 0 Å². The minimum atomic E-state index is 0.512. The summed E-state index contributed by atoms with van der Waals surface area (Å²) in [5, 5.41) is 0. The first-order valence-corrected chi connectivity index (χ1v) is 7.27. The summed E-state index contributed by atoms with van der Waals surface area (Å²) in [5.41, 5.74) is 3.03. The number of furan rings is 1. The maximum Gasteiger partial charge on any atom is 0.138 e. The summed E-state index contributed by atoms with van der Waals surface area (Å²) in [7, 11) is 0. The van der Waals surface area contributed by atoms with Gasteiger partial charge in [-0.3, -0.25) is 0 Å². The zero-order valence-electron chi connectivity index (χ0n) is 12.6. The molecule has 110 valence electrons. The highest BCUT2D eigenvalue weighted by atomic mass is 16.5. The number of benzene rings is 2. The lowest BCUT2D eigenvalue weighted by Crippen LogP contribution is -1.98. The summed E-state index contributed by atoms with van der Waals surface area (Å²) in [5.74, 6) is 2.49. The van der Waals surface area contributed by atoms with Gasteiger partial charge in [-0.25, -0.2) is 0 Å². The molecule has 2 heteroatoms. The fourth-order valence-electron chi connectivity index (χ4n) is 2.38. The highest BCUT2D eigenvalue weighted by Gasteiger charge is 2.13. The van der Waals surface area contributed by atoms with E-state index in [2.05, 4.69) is 6.58 Å². The van der Waals surface area contributed by atoms with Gasteiger partial charge in [0.2, 0.25) is 0 Å². The normalized spacial score (nSPS) is 10.4. The third-order valence-corrected chi connectivity index (χ3v) is 3.50. The predicted molar refractivity (Wildman–Crippen MR) is 89.7 cm³/mol. The van der Waals surface area contributed by atoms with Crippen LogP contribution in [0.1, 0.15) is 16.9 Å². The Labute approximate surface area is 130 Å². The van der Waals surface area contributed by atoms with E-state index in [1.807, 2.05) is 67.6 Å². The predicted octanol–water partition coefficient (Wildman–Crippen LogP) is 5.48. The highest BCUT2D eigenvalue weighted by molar-refractivity contribution is 5.73. The first-order valence-electron chi connectivity index (χ1n) is 7.27. The molecule has 0 atom stereocenters. The second-order valence-corrected chi connectivity index (χ2v) is 5.11. The monoisotopic (exact) mass is 290 g/mol. The van der Waals surface area contributed by atoms with E-state index in [0.29, 0.717) is 6.61 Å². The Morgan fingerprint density at radius 1 is 1.00 bits per heavy atom. The largest absolute Gasteiger partial charge is 0.488 e. The van der Waals surface area contributed by atoms with Gasteiger partial charge in [-0.2, -0.15) is 0 Å². The summed E-state index contributed by atoms with van der Waals surface area (Å²) in [6.07, 6.45) is 1.81. The van der Waals surface area contributed by atoms with Gasteiger partial charge < -0.3 is 9.15 Å². The minimum absolute atomic E-state index is 0.512. The Kier molecular flexibility index (Phi) is 4.10. The smallest absolute Gasteiger partial charge is 0.138 e. The van der Waals surface area contributed by atoms with Crippen LogP contribution in [0.5, 0.6) is 5.75 Å². The van der Waals surface area contributed by atoms with E-state index in [0.717, 1.165) is 34.0 Å². The molecule has 0 spiro atoms. The maximum absolute atomic E-state index is 6.08. The lowest BCUT2D eigenvalue weighted by molar-refractivity contribution is 0.306. The van der Waals surface area contributed by atoms with Crippen LogP contribution in [0.15, 0.2) is 71.7 Å². The summed E-state index contributed by atoms with van der Waals surface area (Å²) < 4.78 is 11.8. The molecule has 1 aromatic heterocycles. The fraction of sp³-hybridized carbons (Fsp3) is 0.100. The molecule has 0 amide bonds. The molecule has 0 N–H and O–H groups in total. The van der Waals surface area contributed by atoms with Crippen LogP contribution >= 0.6 is 0 Å². The quantitative estimate of drug-likeness (QED) is 0.621. The van der Waals surface area contributed by atoms with Crippen molar-refractivity contribution in [2.24, 2.45) is 0 Å². The molecule has 2 aromatic carbocycles. The van der Waals surface area contributed by atoms with Gasteiger partial charge in [0.25, 0.3) is 0 Å². The summed E-state index contributed by atoms with van der Waals surface area (Å²) in [6.45, 7) is 6.32. The summed E-state index contributed by atoms with van der Waals surface area (Å²) >= 11 is 0. The number of ether oxygens (including phenoxy) is 1. The van der Waals surface area contributed by atoms with Crippen molar-refractivity contribution in [2.75, 3.05) is 0 Å². The van der Waals surface area contributed by atoms with Crippen LogP contribution in [0, 0.1) is 6.92 Å². The van der Waals surface area contributed by atoms with E-state index in [1.54, 1.807) is 6.08 Å². The van der Waals surface area contributed by atoms with Crippen LogP contribution in [0.4, 0.5) is 0 Å². The average Bonchev–Trinajstić information content (AvgIpc) is 3.00. The second-order valence-electron chi connectivity index (χ2n) is 5.11. The Bertz CT molecular complexity index is 769. The van der Waals surface area contributed by atoms with E-state index < -0.39 is 0 Å². The minimum Gasteiger partial charge on any atom is -0.488 e. The molecular weight excluding hydrogens is 272 g/mol. The SMILES string of the molecule is C=Cc1cccc(-c2ccc(C)o2)c1OCc1ccccc1.